The van der Waals surface area contributed by atoms with Crippen molar-refractivity contribution in [2.45, 2.75) is 4.22 Å². The van der Waals surface area contributed by atoms with E-state index >= 15 is 0 Å². The molecule has 0 spiro atoms. The van der Waals surface area contributed by atoms with E-state index in [0.29, 0.717) is 0 Å². The summed E-state index contributed by atoms with van der Waals surface area (Å²) in [5.74, 6) is 0.0526. The van der Waals surface area contributed by atoms with Crippen LogP contribution in [0.4, 0.5) is 0 Å². The molecule has 1 N–H and O–H groups in total. The van der Waals surface area contributed by atoms with E-state index in [9.17, 15) is 4.79 Å². The van der Waals surface area contributed by atoms with Crippen molar-refractivity contribution in [1.82, 2.24) is 3.80 Å². The Bertz CT molecular complexity index is 1420. The van der Waals surface area contributed by atoms with Crippen LogP contribution in [0.1, 0.15) is 25.7 Å². The van der Waals surface area contributed by atoms with E-state index in [1.807, 2.05) is 30.3 Å². The first-order valence-corrected chi connectivity index (χ1v) is 18.4. The third kappa shape index (κ3) is 5.44. The van der Waals surface area contributed by atoms with Crippen molar-refractivity contribution in [3.8, 4) is 11.1 Å². The van der Waals surface area contributed by atoms with Crippen LogP contribution in [0.3, 0.4) is 0 Å². The van der Waals surface area contributed by atoms with Crippen LogP contribution in [0, 0.1) is 0 Å². The number of carbonyl (C=O) groups is 1. The van der Waals surface area contributed by atoms with E-state index < -0.39 is 24.0 Å². The Morgan fingerprint density at radius 3 is 1.42 bits per heavy atom. The van der Waals surface area contributed by atoms with Gasteiger partial charge in [-0.25, -0.2) is 0 Å². The molecule has 0 fully saturated rings. The molecule has 5 aromatic carbocycles. The van der Waals surface area contributed by atoms with E-state index in [1.165, 1.54) is 32.6 Å². The molecule has 0 radical (unpaired) electrons. The molecule has 0 heterocycles. The number of amides is 1. The Labute approximate surface area is 243 Å². The Kier molecular flexibility index (Phi) is 9.43. The molecule has 1 aliphatic carbocycles. The smallest absolute Gasteiger partial charge is 1.00 e. The van der Waals surface area contributed by atoms with E-state index in [1.54, 1.807) is 0 Å². The summed E-state index contributed by atoms with van der Waals surface area (Å²) in [6.07, 6.45) is 0. The summed E-state index contributed by atoms with van der Waals surface area (Å²) >= 11 is -2.41. The zero-order chi connectivity index (χ0) is 24.3. The van der Waals surface area contributed by atoms with E-state index in [-0.39, 0.29) is 34.9 Å². The summed E-state index contributed by atoms with van der Waals surface area (Å²) in [5, 5.41) is 2.79. The molecular formula is C32H26Cl2NOSiTi. The van der Waals surface area contributed by atoms with Crippen LogP contribution < -0.4 is 39.0 Å². The second-order valence-corrected chi connectivity index (χ2v) is 19.3. The van der Waals surface area contributed by atoms with Gasteiger partial charge < -0.3 is 24.8 Å². The normalized spacial score (nSPS) is 11.5. The molecule has 6 heteroatoms. The number of rotatable bonds is 6. The summed E-state index contributed by atoms with van der Waals surface area (Å²) < 4.78 is 3.98. The summed E-state index contributed by atoms with van der Waals surface area (Å²) in [6.45, 7) is -1.78. The van der Waals surface area contributed by atoms with Gasteiger partial charge in [-0.2, -0.15) is 0 Å². The van der Waals surface area contributed by atoms with Gasteiger partial charge in [-0.1, -0.05) is 0 Å². The maximum atomic E-state index is 13.8. The Balaban J connectivity index is 0.00000168. The molecule has 0 saturated carbocycles. The predicted octanol–water partition coefficient (Wildman–Crippen LogP) is -0.734. The number of nitrogens with one attached hydrogen (secondary N) is 1. The maximum Gasteiger partial charge on any atom is -1.00 e. The quantitative estimate of drug-likeness (QED) is 0.261. The van der Waals surface area contributed by atoms with Crippen molar-refractivity contribution in [2.75, 3.05) is 0 Å². The monoisotopic (exact) mass is 586 g/mol. The number of carbonyl (C=O) groups excluding carboxylic acids is 1. The second kappa shape index (κ2) is 12.8. The number of benzene rings is 5. The Morgan fingerprint density at radius 1 is 0.553 bits per heavy atom. The standard InChI is InChI=1S/C13H9.C12H11Si.C7H7NO.2ClH.Ti/c1-3-7-12-10(5-1)9-11-6-2-4-8-13(11)12;1-3-7-11(8-4-1)13-12-9-5-2-6-10-12;8-7(9)6-4-2-1-3-5-6;;;/h1-9H;1-10,13H;1-5H,(H2,8,9);2*1H;/q;;;;;+3/p-3. The summed E-state index contributed by atoms with van der Waals surface area (Å²) in [7, 11) is 0. The largest absolute Gasteiger partial charge is 1.00 e. The van der Waals surface area contributed by atoms with Gasteiger partial charge in [-0.15, -0.1) is 0 Å². The number of hydrogen-bond donors (Lipinski definition) is 1. The number of hydrogen-bond acceptors (Lipinski definition) is 1. The number of halogens is 2. The fourth-order valence-corrected chi connectivity index (χ4v) is 20.4. The summed E-state index contributed by atoms with van der Waals surface area (Å²) in [5.41, 5.74) is 6.09. The first-order valence-electron chi connectivity index (χ1n) is 12.3. The SMILES string of the molecule is O=C([NH][Ti+2]([CH]1c2ccccc2-c2ccccc21)[SiH](c1ccccc1)c1ccccc1)c1ccccc1.[Cl-].[Cl-]. The fraction of sp³-hybridized carbons (Fsp3) is 0.0312. The van der Waals surface area contributed by atoms with Crippen molar-refractivity contribution in [2.24, 2.45) is 0 Å². The van der Waals surface area contributed by atoms with Crippen molar-refractivity contribution in [3.63, 3.8) is 0 Å². The van der Waals surface area contributed by atoms with Crippen LogP contribution in [-0.2, 0) is 17.4 Å². The van der Waals surface area contributed by atoms with Crippen LogP contribution in [0.5, 0.6) is 0 Å². The van der Waals surface area contributed by atoms with Gasteiger partial charge in [-0.05, 0) is 0 Å². The minimum atomic E-state index is -2.41. The van der Waals surface area contributed by atoms with Crippen LogP contribution >= 0.6 is 0 Å². The average Bonchev–Trinajstić information content (AvgIpc) is 3.28. The van der Waals surface area contributed by atoms with Crippen LogP contribution in [0.25, 0.3) is 11.1 Å². The van der Waals surface area contributed by atoms with Crippen LogP contribution in [-0.4, -0.2) is 12.6 Å². The molecule has 0 aliphatic heterocycles. The number of fused-ring (bicyclic) bond motifs is 3. The molecule has 2 nitrogen and oxygen atoms in total. The van der Waals surface area contributed by atoms with Crippen molar-refractivity contribution >= 4 is 22.9 Å². The maximum absolute atomic E-state index is 13.8. The van der Waals surface area contributed by atoms with Crippen molar-refractivity contribution in [1.29, 1.82) is 0 Å². The predicted molar refractivity (Wildman–Crippen MR) is 147 cm³/mol. The van der Waals surface area contributed by atoms with Crippen molar-refractivity contribution in [3.05, 3.63) is 156 Å². The average molecular weight is 587 g/mol. The van der Waals surface area contributed by atoms with Gasteiger partial charge in [-0.3, -0.25) is 0 Å². The topological polar surface area (TPSA) is 29.1 Å². The molecule has 5 aromatic rings. The van der Waals surface area contributed by atoms with Gasteiger partial charge in [0.15, 0.2) is 0 Å². The molecular weight excluding hydrogens is 561 g/mol. The van der Waals surface area contributed by atoms with Gasteiger partial charge in [0.2, 0.25) is 0 Å². The zero-order valence-electron chi connectivity index (χ0n) is 20.6. The third-order valence-electron chi connectivity index (χ3n) is 7.02. The Hall–Kier alpha value is -2.92. The van der Waals surface area contributed by atoms with Crippen LogP contribution in [0.2, 0.25) is 0 Å². The minimum absolute atomic E-state index is 0. The Morgan fingerprint density at radius 2 is 0.947 bits per heavy atom. The molecule has 0 aromatic heterocycles. The van der Waals surface area contributed by atoms with Gasteiger partial charge in [0.1, 0.15) is 0 Å². The molecule has 0 saturated heterocycles. The van der Waals surface area contributed by atoms with Gasteiger partial charge in [0.05, 0.1) is 0 Å². The van der Waals surface area contributed by atoms with Gasteiger partial charge in [0, 0.05) is 0 Å². The summed E-state index contributed by atoms with van der Waals surface area (Å²) in [6, 6.07) is 49.1. The van der Waals surface area contributed by atoms with Crippen molar-refractivity contribution < 1.29 is 47.0 Å². The first kappa shape index (κ1) is 28.1. The van der Waals surface area contributed by atoms with E-state index in [2.05, 4.69) is 113 Å². The molecule has 0 atom stereocenters. The molecule has 1 aliphatic rings. The van der Waals surface area contributed by atoms with E-state index in [4.69, 9.17) is 0 Å². The minimum Gasteiger partial charge on any atom is -1.00 e. The summed E-state index contributed by atoms with van der Waals surface area (Å²) in [4.78, 5) is 13.8. The molecule has 1 amide bonds. The van der Waals surface area contributed by atoms with Gasteiger partial charge in [0.25, 0.3) is 0 Å². The van der Waals surface area contributed by atoms with E-state index in [0.717, 1.165) is 5.56 Å². The van der Waals surface area contributed by atoms with Crippen LogP contribution in [0.15, 0.2) is 140 Å². The molecule has 38 heavy (non-hydrogen) atoms. The zero-order valence-corrected chi connectivity index (χ0v) is 24.8. The fourth-order valence-electron chi connectivity index (χ4n) is 5.44. The second-order valence-electron chi connectivity index (χ2n) is 9.14. The first-order chi connectivity index (χ1) is 17.8. The molecule has 0 bridgehead atoms. The van der Waals surface area contributed by atoms with Gasteiger partial charge >= 0.3 is 220 Å². The molecule has 6 rings (SSSR count). The molecule has 187 valence electrons. The molecule has 0 unspecified atom stereocenters. The third-order valence-corrected chi connectivity index (χ3v) is 20.5.